The van der Waals surface area contributed by atoms with Crippen molar-refractivity contribution < 1.29 is 13.5 Å². The van der Waals surface area contributed by atoms with Crippen LogP contribution >= 0.6 is 0 Å². The molecule has 0 aliphatic carbocycles. The molecule has 1 atom stereocenters. The Morgan fingerprint density at radius 2 is 2.14 bits per heavy atom. The van der Waals surface area contributed by atoms with Gasteiger partial charge in [0.05, 0.1) is 11.5 Å². The van der Waals surface area contributed by atoms with E-state index in [0.29, 0.717) is 11.4 Å². The Labute approximate surface area is 126 Å². The van der Waals surface area contributed by atoms with Crippen LogP contribution in [0.15, 0.2) is 23.1 Å². The van der Waals surface area contributed by atoms with Crippen molar-refractivity contribution in [3.05, 3.63) is 23.8 Å². The molecule has 1 unspecified atom stereocenters. The molecule has 0 bridgehead atoms. The van der Waals surface area contributed by atoms with Crippen LogP contribution in [0.4, 0.5) is 5.69 Å². The summed E-state index contributed by atoms with van der Waals surface area (Å²) in [5.41, 5.74) is 1.82. The van der Waals surface area contributed by atoms with E-state index in [9.17, 15) is 13.5 Å². The van der Waals surface area contributed by atoms with Crippen LogP contribution in [-0.4, -0.2) is 43.6 Å². The third kappa shape index (κ3) is 2.67. The quantitative estimate of drug-likeness (QED) is 0.889. The molecule has 21 heavy (non-hydrogen) atoms. The molecule has 1 fully saturated rings. The van der Waals surface area contributed by atoms with Gasteiger partial charge in [-0.15, -0.1) is 0 Å². The van der Waals surface area contributed by atoms with Crippen molar-refractivity contribution in [2.45, 2.75) is 43.0 Å². The monoisotopic (exact) mass is 310 g/mol. The number of aliphatic hydroxyl groups is 1. The number of benzene rings is 1. The number of rotatable bonds is 3. The van der Waals surface area contributed by atoms with E-state index < -0.39 is 10.0 Å². The van der Waals surface area contributed by atoms with Gasteiger partial charge in [0.1, 0.15) is 0 Å². The molecule has 0 amide bonds. The van der Waals surface area contributed by atoms with E-state index in [0.717, 1.165) is 49.9 Å². The Morgan fingerprint density at radius 3 is 2.95 bits per heavy atom. The maximum atomic E-state index is 13.0. The lowest BCUT2D eigenvalue weighted by Crippen LogP contribution is -2.45. The second-order valence-electron chi connectivity index (χ2n) is 5.76. The number of nitrogens with zero attached hydrogens (tertiary/aromatic N) is 1. The van der Waals surface area contributed by atoms with Crippen molar-refractivity contribution in [2.24, 2.45) is 0 Å². The highest BCUT2D eigenvalue weighted by Crippen LogP contribution is 2.32. The molecule has 0 aromatic heterocycles. The largest absolute Gasteiger partial charge is 0.395 e. The van der Waals surface area contributed by atoms with Gasteiger partial charge in [-0.2, -0.15) is 4.31 Å². The first-order valence-corrected chi connectivity index (χ1v) is 9.07. The van der Waals surface area contributed by atoms with Gasteiger partial charge < -0.3 is 10.4 Å². The molecular formula is C15H22N2O3S. The molecule has 5 nitrogen and oxygen atoms in total. The molecule has 116 valence electrons. The topological polar surface area (TPSA) is 69.6 Å². The van der Waals surface area contributed by atoms with Gasteiger partial charge in [-0.05, 0) is 43.4 Å². The predicted molar refractivity (Wildman–Crippen MR) is 81.9 cm³/mol. The fourth-order valence-electron chi connectivity index (χ4n) is 3.32. The molecular weight excluding hydrogens is 288 g/mol. The molecule has 2 heterocycles. The lowest BCUT2D eigenvalue weighted by molar-refractivity contribution is 0.155. The number of anilines is 1. The van der Waals surface area contributed by atoms with Crippen molar-refractivity contribution in [3.8, 4) is 0 Å². The van der Waals surface area contributed by atoms with Crippen molar-refractivity contribution in [1.29, 1.82) is 0 Å². The van der Waals surface area contributed by atoms with Gasteiger partial charge in [0.15, 0.2) is 0 Å². The Bertz CT molecular complexity index is 615. The number of aliphatic hydroxyl groups excluding tert-OH is 1. The molecule has 6 heteroatoms. The first-order valence-electron chi connectivity index (χ1n) is 7.63. The Hall–Kier alpha value is -1.11. The van der Waals surface area contributed by atoms with E-state index in [4.69, 9.17) is 0 Å². The van der Waals surface area contributed by atoms with Crippen molar-refractivity contribution in [2.75, 3.05) is 25.0 Å². The number of hydrogen-bond acceptors (Lipinski definition) is 4. The molecule has 0 radical (unpaired) electrons. The Balaban J connectivity index is 2.02. The summed E-state index contributed by atoms with van der Waals surface area (Å²) in [6.07, 6.45) is 4.32. The lowest BCUT2D eigenvalue weighted by atomic mass is 10.0. The second kappa shape index (κ2) is 5.94. The summed E-state index contributed by atoms with van der Waals surface area (Å²) in [7, 11) is -3.53. The van der Waals surface area contributed by atoms with Crippen molar-refractivity contribution in [1.82, 2.24) is 4.31 Å². The van der Waals surface area contributed by atoms with E-state index in [1.807, 2.05) is 6.07 Å². The van der Waals surface area contributed by atoms with Crippen molar-refractivity contribution >= 4 is 15.7 Å². The van der Waals surface area contributed by atoms with Gasteiger partial charge in [0.25, 0.3) is 0 Å². The van der Waals surface area contributed by atoms with Gasteiger partial charge in [-0.25, -0.2) is 8.42 Å². The zero-order chi connectivity index (χ0) is 14.9. The highest BCUT2D eigenvalue weighted by atomic mass is 32.2. The second-order valence-corrected chi connectivity index (χ2v) is 7.62. The van der Waals surface area contributed by atoms with Crippen LogP contribution in [0.2, 0.25) is 0 Å². The molecule has 1 aromatic carbocycles. The van der Waals surface area contributed by atoms with Gasteiger partial charge >= 0.3 is 0 Å². The molecule has 0 saturated carbocycles. The third-order valence-electron chi connectivity index (χ3n) is 4.42. The highest BCUT2D eigenvalue weighted by Gasteiger charge is 2.35. The highest BCUT2D eigenvalue weighted by molar-refractivity contribution is 7.89. The predicted octanol–water partition coefficient (Wildman–Crippen LogP) is 1.58. The Morgan fingerprint density at radius 1 is 1.29 bits per heavy atom. The summed E-state index contributed by atoms with van der Waals surface area (Å²) in [4.78, 5) is 0.410. The van der Waals surface area contributed by atoms with Crippen molar-refractivity contribution in [3.63, 3.8) is 0 Å². The lowest BCUT2D eigenvalue weighted by Gasteiger charge is -2.34. The van der Waals surface area contributed by atoms with Gasteiger partial charge in [0.2, 0.25) is 10.0 Å². The summed E-state index contributed by atoms with van der Waals surface area (Å²) in [5, 5.41) is 12.8. The summed E-state index contributed by atoms with van der Waals surface area (Å²) < 4.78 is 27.5. The van der Waals surface area contributed by atoms with Crippen LogP contribution in [0.3, 0.4) is 0 Å². The minimum absolute atomic E-state index is 0.105. The molecule has 1 aromatic rings. The van der Waals surface area contributed by atoms with Crippen LogP contribution in [-0.2, 0) is 16.4 Å². The summed E-state index contributed by atoms with van der Waals surface area (Å²) in [6, 6.07) is 5.15. The van der Waals surface area contributed by atoms with Crippen LogP contribution in [0.5, 0.6) is 0 Å². The van der Waals surface area contributed by atoms with Crippen LogP contribution in [0.25, 0.3) is 0 Å². The average Bonchev–Trinajstić information content (AvgIpc) is 2.54. The minimum Gasteiger partial charge on any atom is -0.395 e. The van der Waals surface area contributed by atoms with Gasteiger partial charge in [-0.3, -0.25) is 0 Å². The van der Waals surface area contributed by atoms with E-state index in [1.165, 1.54) is 4.31 Å². The van der Waals surface area contributed by atoms with Gasteiger partial charge in [0, 0.05) is 24.8 Å². The van der Waals surface area contributed by atoms with E-state index in [-0.39, 0.29) is 12.6 Å². The summed E-state index contributed by atoms with van der Waals surface area (Å²) in [6.45, 7) is 1.29. The third-order valence-corrected chi connectivity index (χ3v) is 6.46. The average molecular weight is 310 g/mol. The fourth-order valence-corrected chi connectivity index (χ4v) is 5.28. The first-order chi connectivity index (χ1) is 10.1. The van der Waals surface area contributed by atoms with Crippen LogP contribution < -0.4 is 5.32 Å². The zero-order valence-electron chi connectivity index (χ0n) is 12.1. The Kier molecular flexibility index (Phi) is 4.19. The van der Waals surface area contributed by atoms with Gasteiger partial charge in [-0.1, -0.05) is 12.5 Å². The molecule has 2 aliphatic rings. The molecule has 3 rings (SSSR count). The number of fused-ring (bicyclic) bond motifs is 1. The number of hydrogen-bond donors (Lipinski definition) is 2. The van der Waals surface area contributed by atoms with Crippen LogP contribution in [0, 0.1) is 0 Å². The van der Waals surface area contributed by atoms with E-state index in [2.05, 4.69) is 5.32 Å². The zero-order valence-corrected chi connectivity index (χ0v) is 12.9. The smallest absolute Gasteiger partial charge is 0.243 e. The fraction of sp³-hybridized carbons (Fsp3) is 0.600. The minimum atomic E-state index is -3.53. The SMILES string of the molecule is O=S(=O)(c1cccc2c1CCCN2)N1CCCCC1CO. The van der Waals surface area contributed by atoms with E-state index >= 15 is 0 Å². The standard InChI is InChI=1S/C15H22N2O3S/c18-11-12-5-1-2-10-17(12)21(19,20)15-8-3-7-14-13(15)6-4-9-16-14/h3,7-8,12,16,18H,1-2,4-6,9-11H2. The number of piperidine rings is 1. The maximum absolute atomic E-state index is 13.0. The first kappa shape index (κ1) is 14.8. The van der Waals surface area contributed by atoms with E-state index in [1.54, 1.807) is 12.1 Å². The molecule has 2 N–H and O–H groups in total. The normalized spacial score (nSPS) is 23.4. The number of nitrogens with one attached hydrogen (secondary N) is 1. The maximum Gasteiger partial charge on any atom is 0.243 e. The summed E-state index contributed by atoms with van der Waals surface area (Å²) >= 11 is 0. The summed E-state index contributed by atoms with van der Waals surface area (Å²) in [5.74, 6) is 0. The number of sulfonamides is 1. The molecule has 1 saturated heterocycles. The molecule has 0 spiro atoms. The van der Waals surface area contributed by atoms with Crippen LogP contribution in [0.1, 0.15) is 31.2 Å². The molecule has 2 aliphatic heterocycles.